The van der Waals surface area contributed by atoms with E-state index in [2.05, 4.69) is 34.6 Å². The van der Waals surface area contributed by atoms with Crippen molar-refractivity contribution in [3.8, 4) is 0 Å². The van der Waals surface area contributed by atoms with Crippen molar-refractivity contribution < 1.29 is 4.74 Å². The van der Waals surface area contributed by atoms with E-state index < -0.39 is 0 Å². The maximum Gasteiger partial charge on any atom is 0.0864 e. The average Bonchev–Trinajstić information content (AvgIpc) is 3.33. The van der Waals surface area contributed by atoms with Crippen LogP contribution in [0.5, 0.6) is 0 Å². The second kappa shape index (κ2) is 7.00. The van der Waals surface area contributed by atoms with Gasteiger partial charge in [-0.25, -0.2) is 0 Å². The van der Waals surface area contributed by atoms with Crippen LogP contribution in [-0.4, -0.2) is 12.2 Å². The molecule has 5 rings (SSSR count). The second-order valence-electron chi connectivity index (χ2n) is 12.7. The molecule has 1 aliphatic heterocycles. The van der Waals surface area contributed by atoms with E-state index in [1.54, 1.807) is 25.7 Å². The molecule has 0 aromatic heterocycles. The molecule has 0 aromatic carbocycles. The Morgan fingerprint density at radius 3 is 2.36 bits per heavy atom. The third-order valence-electron chi connectivity index (χ3n) is 11.2. The van der Waals surface area contributed by atoms with E-state index in [-0.39, 0.29) is 0 Å². The number of hydrogen-bond acceptors (Lipinski definition) is 1. The number of rotatable bonds is 4. The summed E-state index contributed by atoms with van der Waals surface area (Å²) in [5, 5.41) is 0. The predicted octanol–water partition coefficient (Wildman–Crippen LogP) is 7.49. The van der Waals surface area contributed by atoms with Crippen LogP contribution >= 0.6 is 0 Å². The maximum atomic E-state index is 6.04. The van der Waals surface area contributed by atoms with Gasteiger partial charge in [0.15, 0.2) is 0 Å². The van der Waals surface area contributed by atoms with Crippen molar-refractivity contribution in [3.63, 3.8) is 0 Å². The topological polar surface area (TPSA) is 12.5 Å². The van der Waals surface area contributed by atoms with Gasteiger partial charge >= 0.3 is 0 Å². The predicted molar refractivity (Wildman–Crippen MR) is 117 cm³/mol. The lowest BCUT2D eigenvalue weighted by atomic mass is 9.44. The second-order valence-corrected chi connectivity index (χ2v) is 12.7. The molecule has 1 nitrogen and oxygen atoms in total. The molecule has 1 heterocycles. The summed E-state index contributed by atoms with van der Waals surface area (Å²) in [6, 6.07) is 0. The summed E-state index contributed by atoms with van der Waals surface area (Å²) in [6.45, 7) is 12.7. The molecule has 5 aliphatic rings. The standard InChI is InChI=1S/C27H46O/c1-17(2)25-24(28-25)16-18(3)21-11-12-22-20-10-9-19-8-6-7-14-26(19,4)23(20)13-15-27(21,22)5/h17-25H,6-16H2,1-5H3/t18-,19?,20+,21-,22+,23+,24?,25?,26+,27-/m1/s1. The first-order valence-corrected chi connectivity index (χ1v) is 13.0. The van der Waals surface area contributed by atoms with Gasteiger partial charge in [-0.05, 0) is 110 Å². The van der Waals surface area contributed by atoms with Gasteiger partial charge in [-0.1, -0.05) is 47.5 Å². The SMILES string of the molecule is CC(C)C1OC1C[C@@H](C)[C@H]1CC[C@H]2[C@@H]3CCC4CCCC[C@]4(C)[C@H]3CC[C@]12C. The zero-order valence-corrected chi connectivity index (χ0v) is 19.4. The lowest BCUT2D eigenvalue weighted by Crippen LogP contribution is -2.53. The molecule has 0 spiro atoms. The van der Waals surface area contributed by atoms with Crippen molar-refractivity contribution >= 4 is 0 Å². The molecule has 0 radical (unpaired) electrons. The monoisotopic (exact) mass is 386 g/mol. The quantitative estimate of drug-likeness (QED) is 0.456. The lowest BCUT2D eigenvalue weighted by Gasteiger charge is -2.61. The van der Waals surface area contributed by atoms with Gasteiger partial charge in [0, 0.05) is 0 Å². The van der Waals surface area contributed by atoms with Crippen molar-refractivity contribution in [1.29, 1.82) is 0 Å². The van der Waals surface area contributed by atoms with E-state index in [0.29, 0.717) is 29.0 Å². The molecular weight excluding hydrogens is 340 g/mol. The Hall–Kier alpha value is -0.0400. The Kier molecular flexibility index (Phi) is 4.97. The summed E-state index contributed by atoms with van der Waals surface area (Å²) in [7, 11) is 0. The fraction of sp³-hybridized carbons (Fsp3) is 1.00. The molecule has 0 aromatic rings. The lowest BCUT2D eigenvalue weighted by molar-refractivity contribution is -0.114. The summed E-state index contributed by atoms with van der Waals surface area (Å²) in [5.41, 5.74) is 1.32. The molecule has 5 fully saturated rings. The Morgan fingerprint density at radius 1 is 0.821 bits per heavy atom. The molecule has 4 aliphatic carbocycles. The molecular formula is C27H46O. The van der Waals surface area contributed by atoms with Gasteiger partial charge in [0.1, 0.15) is 0 Å². The third kappa shape index (κ3) is 2.96. The van der Waals surface area contributed by atoms with Gasteiger partial charge in [0.25, 0.3) is 0 Å². The van der Waals surface area contributed by atoms with E-state index in [0.717, 1.165) is 35.5 Å². The fourth-order valence-corrected chi connectivity index (χ4v) is 9.73. The summed E-state index contributed by atoms with van der Waals surface area (Å²) in [6.07, 6.45) is 17.8. The van der Waals surface area contributed by atoms with Crippen molar-refractivity contribution in [3.05, 3.63) is 0 Å². The normalized spacial score (nSPS) is 54.0. The van der Waals surface area contributed by atoms with Crippen molar-refractivity contribution in [2.45, 2.75) is 117 Å². The number of hydrogen-bond donors (Lipinski definition) is 0. The largest absolute Gasteiger partial charge is 0.369 e. The van der Waals surface area contributed by atoms with Gasteiger partial charge in [-0.2, -0.15) is 0 Å². The fourth-order valence-electron chi connectivity index (χ4n) is 9.73. The van der Waals surface area contributed by atoms with E-state index in [4.69, 9.17) is 4.74 Å². The highest BCUT2D eigenvalue weighted by Gasteiger charge is 2.60. The molecule has 3 unspecified atom stereocenters. The Labute approximate surface area is 174 Å². The molecule has 28 heavy (non-hydrogen) atoms. The maximum absolute atomic E-state index is 6.04. The zero-order chi connectivity index (χ0) is 19.7. The van der Waals surface area contributed by atoms with Crippen LogP contribution in [0.4, 0.5) is 0 Å². The summed E-state index contributed by atoms with van der Waals surface area (Å²) >= 11 is 0. The van der Waals surface area contributed by atoms with Gasteiger partial charge in [-0.3, -0.25) is 0 Å². The van der Waals surface area contributed by atoms with Gasteiger partial charge in [0.05, 0.1) is 12.2 Å². The molecule has 4 saturated carbocycles. The van der Waals surface area contributed by atoms with Gasteiger partial charge in [0.2, 0.25) is 0 Å². The van der Waals surface area contributed by atoms with Crippen LogP contribution in [0.15, 0.2) is 0 Å². The van der Waals surface area contributed by atoms with E-state index >= 15 is 0 Å². The number of epoxide rings is 1. The van der Waals surface area contributed by atoms with E-state index in [1.165, 1.54) is 44.9 Å². The molecule has 1 saturated heterocycles. The van der Waals surface area contributed by atoms with Crippen LogP contribution in [0.3, 0.4) is 0 Å². The Bertz CT molecular complexity index is 583. The Balaban J connectivity index is 1.30. The molecule has 10 atom stereocenters. The van der Waals surface area contributed by atoms with Crippen molar-refractivity contribution in [2.75, 3.05) is 0 Å². The minimum absolute atomic E-state index is 0.560. The summed E-state index contributed by atoms with van der Waals surface area (Å²) in [5.74, 6) is 6.69. The highest BCUT2D eigenvalue weighted by atomic mass is 16.6. The minimum atomic E-state index is 0.560. The third-order valence-corrected chi connectivity index (χ3v) is 11.2. The van der Waals surface area contributed by atoms with E-state index in [9.17, 15) is 0 Å². The first-order valence-electron chi connectivity index (χ1n) is 13.0. The van der Waals surface area contributed by atoms with Crippen LogP contribution in [-0.2, 0) is 4.74 Å². The number of ether oxygens (including phenoxy) is 1. The molecule has 160 valence electrons. The Morgan fingerprint density at radius 2 is 1.61 bits per heavy atom. The first-order chi connectivity index (χ1) is 13.3. The highest BCUT2D eigenvalue weighted by Crippen LogP contribution is 2.68. The van der Waals surface area contributed by atoms with Crippen LogP contribution in [0, 0.1) is 52.3 Å². The van der Waals surface area contributed by atoms with Crippen LogP contribution in [0.2, 0.25) is 0 Å². The van der Waals surface area contributed by atoms with Gasteiger partial charge < -0.3 is 4.74 Å². The number of fused-ring (bicyclic) bond motifs is 5. The smallest absolute Gasteiger partial charge is 0.0864 e. The van der Waals surface area contributed by atoms with Crippen molar-refractivity contribution in [1.82, 2.24) is 0 Å². The van der Waals surface area contributed by atoms with Crippen molar-refractivity contribution in [2.24, 2.45) is 52.3 Å². The zero-order valence-electron chi connectivity index (χ0n) is 19.4. The summed E-state index contributed by atoms with van der Waals surface area (Å²) < 4.78 is 6.04. The van der Waals surface area contributed by atoms with Gasteiger partial charge in [-0.15, -0.1) is 0 Å². The minimum Gasteiger partial charge on any atom is -0.369 e. The highest BCUT2D eigenvalue weighted by molar-refractivity contribution is 5.09. The van der Waals surface area contributed by atoms with Crippen LogP contribution < -0.4 is 0 Å². The molecule has 0 N–H and O–H groups in total. The molecule has 0 amide bonds. The average molecular weight is 387 g/mol. The van der Waals surface area contributed by atoms with E-state index in [1.807, 2.05) is 0 Å². The molecule has 1 heteroatoms. The summed E-state index contributed by atoms with van der Waals surface area (Å²) in [4.78, 5) is 0. The first kappa shape index (κ1) is 19.9. The molecule has 0 bridgehead atoms. The van der Waals surface area contributed by atoms with Crippen LogP contribution in [0.1, 0.15) is 105 Å². The van der Waals surface area contributed by atoms with Crippen LogP contribution in [0.25, 0.3) is 0 Å².